The largest absolute Gasteiger partial charge is 0.455 e. The van der Waals surface area contributed by atoms with Crippen molar-refractivity contribution in [2.24, 2.45) is 0 Å². The number of nitro benzene ring substituents is 1. The predicted molar refractivity (Wildman–Crippen MR) is 97.7 cm³/mol. The van der Waals surface area contributed by atoms with Gasteiger partial charge in [0.25, 0.3) is 11.6 Å². The molecule has 8 heteroatoms. The van der Waals surface area contributed by atoms with Crippen LogP contribution in [0.1, 0.15) is 12.5 Å². The van der Waals surface area contributed by atoms with Gasteiger partial charge in [0.2, 0.25) is 0 Å². The van der Waals surface area contributed by atoms with Crippen molar-refractivity contribution in [1.82, 2.24) is 5.32 Å². The maximum absolute atomic E-state index is 12.0. The van der Waals surface area contributed by atoms with Crippen molar-refractivity contribution in [3.63, 3.8) is 0 Å². The number of hydrogen-bond acceptors (Lipinski definition) is 6. The van der Waals surface area contributed by atoms with E-state index in [0.29, 0.717) is 11.4 Å². The molecule has 0 aliphatic heterocycles. The number of non-ortho nitro benzene ring substituents is 1. The first-order valence-corrected chi connectivity index (χ1v) is 8.72. The minimum Gasteiger partial charge on any atom is -0.455 e. The first kappa shape index (κ1) is 19.5. The van der Waals surface area contributed by atoms with Gasteiger partial charge in [-0.1, -0.05) is 30.3 Å². The standard InChI is InChI=1S/C18H18N2O5S/c1-13(26-16-9-7-15(8-10-16)20(23)24)18(22)25-12-17(21)19-11-14-5-3-2-4-6-14/h2-10,13H,11-12H2,1H3,(H,19,21)/t13-/m1/s1. The van der Waals surface area contributed by atoms with Crippen LogP contribution in [0.25, 0.3) is 0 Å². The van der Waals surface area contributed by atoms with Gasteiger partial charge in [-0.05, 0) is 24.6 Å². The van der Waals surface area contributed by atoms with Crippen molar-refractivity contribution in [2.45, 2.75) is 23.6 Å². The Bertz CT molecular complexity index is 765. The fourth-order valence-electron chi connectivity index (χ4n) is 2.00. The van der Waals surface area contributed by atoms with Gasteiger partial charge in [-0.2, -0.15) is 0 Å². The van der Waals surface area contributed by atoms with Crippen LogP contribution in [0.5, 0.6) is 0 Å². The molecule has 1 N–H and O–H groups in total. The van der Waals surface area contributed by atoms with Crippen LogP contribution < -0.4 is 5.32 Å². The minimum absolute atomic E-state index is 0.0142. The smallest absolute Gasteiger partial charge is 0.319 e. The highest BCUT2D eigenvalue weighted by molar-refractivity contribution is 8.00. The van der Waals surface area contributed by atoms with E-state index in [1.165, 1.54) is 23.9 Å². The van der Waals surface area contributed by atoms with Crippen LogP contribution >= 0.6 is 11.8 Å². The van der Waals surface area contributed by atoms with E-state index in [1.54, 1.807) is 19.1 Å². The molecule has 0 aromatic heterocycles. The Morgan fingerprint density at radius 2 is 1.81 bits per heavy atom. The van der Waals surface area contributed by atoms with E-state index in [1.807, 2.05) is 30.3 Å². The number of hydrogen-bond donors (Lipinski definition) is 1. The zero-order valence-electron chi connectivity index (χ0n) is 14.1. The predicted octanol–water partition coefficient (Wildman–Crippen LogP) is 2.94. The summed E-state index contributed by atoms with van der Waals surface area (Å²) < 4.78 is 5.01. The average Bonchev–Trinajstić information content (AvgIpc) is 2.65. The Balaban J connectivity index is 1.74. The SMILES string of the molecule is C[C@@H](Sc1ccc([N+](=O)[O-])cc1)C(=O)OCC(=O)NCc1ccccc1. The van der Waals surface area contributed by atoms with Crippen LogP contribution in [0.4, 0.5) is 5.69 Å². The monoisotopic (exact) mass is 374 g/mol. The van der Waals surface area contributed by atoms with Gasteiger partial charge in [-0.25, -0.2) is 0 Å². The number of ether oxygens (including phenoxy) is 1. The Kier molecular flexibility index (Phi) is 7.16. The summed E-state index contributed by atoms with van der Waals surface area (Å²) in [6.07, 6.45) is 0. The summed E-state index contributed by atoms with van der Waals surface area (Å²) in [5, 5.41) is 12.8. The third-order valence-electron chi connectivity index (χ3n) is 3.37. The lowest BCUT2D eigenvalue weighted by atomic mass is 10.2. The minimum atomic E-state index is -0.543. The number of amides is 1. The summed E-state index contributed by atoms with van der Waals surface area (Å²) in [5.41, 5.74) is 0.939. The number of esters is 1. The highest BCUT2D eigenvalue weighted by Gasteiger charge is 2.18. The molecule has 0 bridgehead atoms. The van der Waals surface area contributed by atoms with Crippen LogP contribution in [0, 0.1) is 10.1 Å². The van der Waals surface area contributed by atoms with Gasteiger partial charge >= 0.3 is 5.97 Å². The highest BCUT2D eigenvalue weighted by atomic mass is 32.2. The molecule has 0 unspecified atom stereocenters. The molecule has 0 aliphatic carbocycles. The highest BCUT2D eigenvalue weighted by Crippen LogP contribution is 2.25. The lowest BCUT2D eigenvalue weighted by Gasteiger charge is -2.11. The number of carbonyl (C=O) groups excluding carboxylic acids is 2. The number of nitrogens with one attached hydrogen (secondary N) is 1. The third kappa shape index (κ3) is 6.21. The normalized spacial score (nSPS) is 11.4. The Morgan fingerprint density at radius 1 is 1.15 bits per heavy atom. The summed E-state index contributed by atoms with van der Waals surface area (Å²) in [5.74, 6) is -0.905. The lowest BCUT2D eigenvalue weighted by Crippen LogP contribution is -2.30. The molecule has 0 spiro atoms. The summed E-state index contributed by atoms with van der Waals surface area (Å²) in [7, 11) is 0. The van der Waals surface area contributed by atoms with E-state index in [0.717, 1.165) is 5.56 Å². The molecule has 0 saturated carbocycles. The zero-order valence-corrected chi connectivity index (χ0v) is 14.9. The molecule has 1 atom stereocenters. The number of benzene rings is 2. The quantitative estimate of drug-likeness (QED) is 0.330. The first-order valence-electron chi connectivity index (χ1n) is 7.84. The first-order chi connectivity index (χ1) is 12.5. The summed E-state index contributed by atoms with van der Waals surface area (Å²) in [6, 6.07) is 15.3. The van der Waals surface area contributed by atoms with Gasteiger partial charge in [-0.3, -0.25) is 19.7 Å². The number of thioether (sulfide) groups is 1. The number of rotatable bonds is 8. The molecule has 26 heavy (non-hydrogen) atoms. The second-order valence-corrected chi connectivity index (χ2v) is 6.80. The Hall–Kier alpha value is -2.87. The molecular formula is C18H18N2O5S. The van der Waals surface area contributed by atoms with Crippen molar-refractivity contribution >= 4 is 29.3 Å². The molecule has 0 heterocycles. The molecular weight excluding hydrogens is 356 g/mol. The van der Waals surface area contributed by atoms with E-state index < -0.39 is 16.1 Å². The molecule has 0 aliphatic rings. The van der Waals surface area contributed by atoms with Crippen LogP contribution in [0.3, 0.4) is 0 Å². The Morgan fingerprint density at radius 3 is 2.42 bits per heavy atom. The van der Waals surface area contributed by atoms with E-state index in [4.69, 9.17) is 4.74 Å². The molecule has 2 rings (SSSR count). The second-order valence-electron chi connectivity index (χ2n) is 5.38. The van der Waals surface area contributed by atoms with Crippen molar-refractivity contribution in [3.05, 3.63) is 70.3 Å². The third-order valence-corrected chi connectivity index (χ3v) is 4.46. The molecule has 0 radical (unpaired) electrons. The molecule has 7 nitrogen and oxygen atoms in total. The van der Waals surface area contributed by atoms with Crippen molar-refractivity contribution in [2.75, 3.05) is 6.61 Å². The van der Waals surface area contributed by atoms with Crippen molar-refractivity contribution in [1.29, 1.82) is 0 Å². The van der Waals surface area contributed by atoms with Crippen LogP contribution in [0.2, 0.25) is 0 Å². The second kappa shape index (κ2) is 9.57. The topological polar surface area (TPSA) is 98.5 Å². The van der Waals surface area contributed by atoms with E-state index in [9.17, 15) is 19.7 Å². The molecule has 2 aromatic carbocycles. The van der Waals surface area contributed by atoms with Gasteiger partial charge in [-0.15, -0.1) is 11.8 Å². The number of carbonyl (C=O) groups is 2. The molecule has 0 fully saturated rings. The average molecular weight is 374 g/mol. The molecule has 2 aromatic rings. The number of nitro groups is 1. The summed E-state index contributed by atoms with van der Waals surface area (Å²) in [4.78, 5) is 34.6. The van der Waals surface area contributed by atoms with E-state index in [-0.39, 0.29) is 18.2 Å². The van der Waals surface area contributed by atoms with E-state index >= 15 is 0 Å². The maximum atomic E-state index is 12.0. The van der Waals surface area contributed by atoms with Crippen molar-refractivity contribution < 1.29 is 19.2 Å². The van der Waals surface area contributed by atoms with Crippen LogP contribution in [0.15, 0.2) is 59.5 Å². The molecule has 0 saturated heterocycles. The van der Waals surface area contributed by atoms with Crippen molar-refractivity contribution in [3.8, 4) is 0 Å². The van der Waals surface area contributed by atoms with Gasteiger partial charge in [0.15, 0.2) is 6.61 Å². The van der Waals surface area contributed by atoms with Gasteiger partial charge in [0.05, 0.1) is 4.92 Å². The summed E-state index contributed by atoms with van der Waals surface area (Å²) in [6.45, 7) is 1.66. The van der Waals surface area contributed by atoms with Crippen LogP contribution in [-0.2, 0) is 20.9 Å². The maximum Gasteiger partial charge on any atom is 0.319 e. The lowest BCUT2D eigenvalue weighted by molar-refractivity contribution is -0.384. The Labute approximate surface area is 154 Å². The molecule has 136 valence electrons. The molecule has 1 amide bonds. The number of nitrogens with zero attached hydrogens (tertiary/aromatic N) is 1. The van der Waals surface area contributed by atoms with Crippen LogP contribution in [-0.4, -0.2) is 28.7 Å². The van der Waals surface area contributed by atoms with Gasteiger partial charge in [0.1, 0.15) is 5.25 Å². The fraction of sp³-hybridized carbons (Fsp3) is 0.222. The summed E-state index contributed by atoms with van der Waals surface area (Å²) >= 11 is 1.21. The van der Waals surface area contributed by atoms with E-state index in [2.05, 4.69) is 5.32 Å². The fourth-order valence-corrected chi connectivity index (χ4v) is 2.87. The van der Waals surface area contributed by atoms with Gasteiger partial charge < -0.3 is 10.1 Å². The zero-order chi connectivity index (χ0) is 18.9. The van der Waals surface area contributed by atoms with Gasteiger partial charge in [0, 0.05) is 23.6 Å².